The predicted molar refractivity (Wildman–Crippen MR) is 535 cm³/mol. The van der Waals surface area contributed by atoms with Gasteiger partial charge in [-0.3, -0.25) is 29.3 Å². The first-order chi connectivity index (χ1) is 63.2. The lowest BCUT2D eigenvalue weighted by atomic mass is 9.90. The molecule has 0 aromatic carbocycles. The van der Waals surface area contributed by atoms with Crippen molar-refractivity contribution in [2.75, 3.05) is 45.4 Å². The highest BCUT2D eigenvalue weighted by atomic mass is 32.2. The van der Waals surface area contributed by atoms with Crippen LogP contribution in [-0.2, 0) is 67.3 Å². The second-order valence-corrected chi connectivity index (χ2v) is 51.1. The van der Waals surface area contributed by atoms with Crippen LogP contribution in [0.4, 0.5) is 38.3 Å². The Balaban J connectivity index is 0.000000185. The van der Waals surface area contributed by atoms with E-state index in [0.29, 0.717) is 66.9 Å². The third-order valence-corrected chi connectivity index (χ3v) is 29.3. The number of hydrogen-bond acceptors (Lipinski definition) is 25. The average molecular weight is 1930 g/mol. The van der Waals surface area contributed by atoms with Gasteiger partial charge in [-0.25, -0.2) is 48.9 Å². The summed E-state index contributed by atoms with van der Waals surface area (Å²) in [7, 11) is -13.0. The number of sulfonamides is 3. The summed E-state index contributed by atoms with van der Waals surface area (Å²) in [5.74, 6) is -0.732. The molecule has 33 heteroatoms. The van der Waals surface area contributed by atoms with Crippen LogP contribution in [0, 0.1) is 23.7 Å². The van der Waals surface area contributed by atoms with Gasteiger partial charge in [-0.05, 0) is 247 Å². The summed E-state index contributed by atoms with van der Waals surface area (Å²) in [6, 6.07) is 40.9. The van der Waals surface area contributed by atoms with Crippen molar-refractivity contribution in [2.24, 2.45) is 17.8 Å². The van der Waals surface area contributed by atoms with Crippen LogP contribution in [-0.4, -0.2) is 141 Å². The molecule has 9 aromatic rings. The average Bonchev–Trinajstić information content (AvgIpc) is 1.65. The number of hydrogen-bond donors (Lipinski definition) is 6. The van der Waals surface area contributed by atoms with Crippen LogP contribution in [0.1, 0.15) is 345 Å². The zero-order valence-electron chi connectivity index (χ0n) is 84.8. The third kappa shape index (κ3) is 25.9. The van der Waals surface area contributed by atoms with Gasteiger partial charge in [0, 0.05) is 103 Å². The van der Waals surface area contributed by atoms with Gasteiger partial charge in [0.2, 0.25) is 5.95 Å². The first-order valence-electron chi connectivity index (χ1n) is 47.3. The number of nitrogens with one attached hydrogen (secondary N) is 6. The van der Waals surface area contributed by atoms with Crippen molar-refractivity contribution in [3.05, 3.63) is 219 Å². The smallest absolute Gasteiger partial charge is 0.410 e. The highest BCUT2D eigenvalue weighted by molar-refractivity contribution is 7.90. The second kappa shape index (κ2) is 39.2. The van der Waals surface area contributed by atoms with Crippen molar-refractivity contribution in [3.63, 3.8) is 0 Å². The third-order valence-electron chi connectivity index (χ3n) is 25.6. The molecule has 14 heterocycles. The minimum absolute atomic E-state index is 0.122. The van der Waals surface area contributed by atoms with Crippen molar-refractivity contribution in [3.8, 4) is 0 Å². The van der Waals surface area contributed by atoms with Crippen LogP contribution in [0.15, 0.2) is 161 Å². The molecular formula is C104H141FN18O11S3. The van der Waals surface area contributed by atoms with E-state index in [1.54, 1.807) is 47.4 Å². The van der Waals surface area contributed by atoms with Gasteiger partial charge in [0.05, 0.1) is 51.9 Å². The van der Waals surface area contributed by atoms with Gasteiger partial charge in [-0.2, -0.15) is 29.6 Å². The molecular weight excluding hydrogens is 1790 g/mol. The summed E-state index contributed by atoms with van der Waals surface area (Å²) in [6.45, 7) is 57.3. The molecule has 3 unspecified atom stereocenters. The number of pyridine rings is 9. The van der Waals surface area contributed by atoms with Gasteiger partial charge >= 0.3 is 6.09 Å². The van der Waals surface area contributed by atoms with Crippen molar-refractivity contribution in [2.45, 2.75) is 333 Å². The molecule has 29 nitrogen and oxygen atoms in total. The number of carbonyl (C=O) groups is 4. The molecule has 9 aromatic heterocycles. The number of aromatic nitrogens is 9. The fraction of sp³-hybridized carbons (Fsp3) is 0.529. The first-order valence-corrected chi connectivity index (χ1v) is 51.8. The molecule has 738 valence electrons. The van der Waals surface area contributed by atoms with Gasteiger partial charge in [-0.15, -0.1) is 0 Å². The number of likely N-dealkylation sites (tertiary alicyclic amines) is 1. The number of amides is 4. The number of fused-ring (bicyclic) bond motifs is 12. The number of halogens is 1. The van der Waals surface area contributed by atoms with Crippen LogP contribution < -0.4 is 39.9 Å². The molecule has 3 saturated heterocycles. The molecule has 14 rings (SSSR count). The minimum Gasteiger partial charge on any atom is -0.444 e. The molecule has 0 aliphatic carbocycles. The lowest BCUT2D eigenvalue weighted by Crippen LogP contribution is -2.45. The van der Waals surface area contributed by atoms with Gasteiger partial charge in [0.15, 0.2) is 15.1 Å². The Morgan fingerprint density at radius 3 is 1.31 bits per heavy atom. The lowest BCUT2D eigenvalue weighted by molar-refractivity contribution is 0.0130. The van der Waals surface area contributed by atoms with E-state index in [1.165, 1.54) is 36.4 Å². The molecule has 5 aliphatic heterocycles. The Kier molecular flexibility index (Phi) is 30.0. The van der Waals surface area contributed by atoms with E-state index in [-0.39, 0.29) is 101 Å². The summed E-state index contributed by atoms with van der Waals surface area (Å²) < 4.78 is 108. The maximum Gasteiger partial charge on any atom is 0.410 e. The molecule has 0 saturated carbocycles. The molecule has 137 heavy (non-hydrogen) atoms. The van der Waals surface area contributed by atoms with Crippen LogP contribution in [0.2, 0.25) is 0 Å². The van der Waals surface area contributed by atoms with E-state index in [4.69, 9.17) is 29.7 Å². The molecule has 0 spiro atoms. The number of carbonyl (C=O) groups excluding carboxylic acids is 4. The molecule has 3 fully saturated rings. The van der Waals surface area contributed by atoms with Crippen molar-refractivity contribution in [1.82, 2.24) is 63.9 Å². The van der Waals surface area contributed by atoms with Gasteiger partial charge in [0.1, 0.15) is 34.7 Å². The first kappa shape index (κ1) is 105. The molecule has 8 bridgehead atoms. The van der Waals surface area contributed by atoms with Crippen molar-refractivity contribution >= 4 is 83.0 Å². The number of anilines is 5. The SMILES string of the molecule is CC(C)(C)OC(=O)N1C[C@@H](CCC(Nc2cccc(S(=O)(=O)NC(=O)c3ccc(C(C)(C)C)nc3F)n2)c2cccc(C(C)(C)C)n2)CC1(C)C.CC(C)(C)c1cccc(C2CC[C@@H]3CN(c4nc(C(C)(C)C)ccc4C(=O)NS(=O)(=O)c4cccc(n4)N2)C(C)(C)C3)n1.CC(C)(C)c1cccc(C2CC[C@@H]3CN(c4nc(C(C)(C)C)ccc4C(=O)NS(=O)(=O)c4cccc(n4)N2)C(C)(C)C3)n1. The maximum atomic E-state index is 14.8. The summed E-state index contributed by atoms with van der Waals surface area (Å²) in [5, 5.41) is 9.45. The van der Waals surface area contributed by atoms with E-state index in [0.717, 1.165) is 96.9 Å². The van der Waals surface area contributed by atoms with E-state index in [9.17, 15) is 48.8 Å². The Morgan fingerprint density at radius 2 is 0.876 bits per heavy atom. The van der Waals surface area contributed by atoms with Crippen molar-refractivity contribution < 1.29 is 53.6 Å². The highest BCUT2D eigenvalue weighted by Crippen LogP contribution is 2.46. The predicted octanol–water partition coefficient (Wildman–Crippen LogP) is 20.0. The standard InChI is InChI=1S/C38H53FN6O5S.2C33H44N6O3S/c1-35(2,3)28-15-12-14-26(40-28)27(20-18-24-22-38(10,11)45(23-24)34(47)50-37(7,8)9)41-30-16-13-17-31(43-30)51(48,49)44-33(46)25-19-21-29(36(4,5)6)42-32(25)39;2*1-31(2,3)25-12-9-11-23(34-25)24-17-15-21-19-33(7,8)39(20-21)29-22(16-18-26(36-29)32(4,5)6)30(40)38-43(41,42)28-14-10-13-27(35-24)37-28/h12-17,19,21,24,27H,18,20,22-23H2,1-11H3,(H,41,43)(H,44,46);2*9-14,16,18,21,24H,15,17,19-20H2,1-8H3,(H,35,37)(H,38,40)/t24-,27?;2*21-,24?/m000/s1. The molecule has 5 aliphatic rings. The lowest BCUT2D eigenvalue weighted by Gasteiger charge is -2.34. The molecule has 0 radical (unpaired) electrons. The molecule has 6 atom stereocenters. The van der Waals surface area contributed by atoms with Crippen LogP contribution >= 0.6 is 0 Å². The quantitative estimate of drug-likeness (QED) is 0.0655. The normalized spacial score (nSPS) is 20.2. The van der Waals surface area contributed by atoms with Gasteiger partial charge in [0.25, 0.3) is 47.8 Å². The number of ether oxygens (including phenoxy) is 1. The zero-order chi connectivity index (χ0) is 101. The number of rotatable bonds is 11. The fourth-order valence-corrected chi connectivity index (χ4v) is 20.9. The van der Waals surface area contributed by atoms with Crippen LogP contribution in [0.5, 0.6) is 0 Å². The highest BCUT2D eigenvalue weighted by Gasteiger charge is 2.47. The Labute approximate surface area is 810 Å². The zero-order valence-corrected chi connectivity index (χ0v) is 87.2. The Hall–Kier alpha value is -11.2. The molecule has 6 N–H and O–H groups in total. The summed E-state index contributed by atoms with van der Waals surface area (Å²) in [4.78, 5) is 102. The van der Waals surface area contributed by atoms with Crippen LogP contribution in [0.3, 0.4) is 0 Å². The summed E-state index contributed by atoms with van der Waals surface area (Å²) in [5.41, 5.74) is 4.46. The summed E-state index contributed by atoms with van der Waals surface area (Å²) >= 11 is 0. The Bertz CT molecular complexity index is 6100. The topological polar surface area (TPSA) is 378 Å². The van der Waals surface area contributed by atoms with E-state index >= 15 is 0 Å². The second-order valence-electron chi connectivity index (χ2n) is 46.2. The fourth-order valence-electron chi connectivity index (χ4n) is 18.1. The maximum absolute atomic E-state index is 14.8. The number of nitrogens with zero attached hydrogens (tertiary/aromatic N) is 12. The molecule has 4 amide bonds. The van der Waals surface area contributed by atoms with E-state index in [2.05, 4.69) is 187 Å². The van der Waals surface area contributed by atoms with E-state index in [1.807, 2.05) is 127 Å². The van der Waals surface area contributed by atoms with E-state index < -0.39 is 75.3 Å². The Morgan fingerprint density at radius 1 is 0.467 bits per heavy atom. The monoisotopic (exact) mass is 1930 g/mol. The van der Waals surface area contributed by atoms with Crippen LogP contribution in [0.25, 0.3) is 0 Å². The summed E-state index contributed by atoms with van der Waals surface area (Å²) in [6.07, 6.45) is 6.96. The van der Waals surface area contributed by atoms with Gasteiger partial charge in [-0.1, -0.05) is 161 Å². The largest absolute Gasteiger partial charge is 0.444 e. The van der Waals surface area contributed by atoms with Crippen molar-refractivity contribution in [1.29, 1.82) is 0 Å². The van der Waals surface area contributed by atoms with Gasteiger partial charge < -0.3 is 35.4 Å². The minimum atomic E-state index is -4.49.